The number of carbonyl (C=O) groups is 1. The molecule has 0 aliphatic carbocycles. The first kappa shape index (κ1) is 22.8. The molecule has 1 unspecified atom stereocenters. The van der Waals surface area contributed by atoms with Crippen molar-refractivity contribution in [3.05, 3.63) is 53.2 Å². The second-order valence-corrected chi connectivity index (χ2v) is 11.4. The highest BCUT2D eigenvalue weighted by atomic mass is 32.2. The number of nitrogens with zero attached hydrogens (tertiary/aromatic N) is 3. The molecule has 0 spiro atoms. The summed E-state index contributed by atoms with van der Waals surface area (Å²) >= 11 is 1.37. The number of aromatic nitrogens is 2. The fourth-order valence-corrected chi connectivity index (χ4v) is 6.77. The highest BCUT2D eigenvalue weighted by molar-refractivity contribution is 7.89. The number of carbonyl (C=O) groups excluding carboxylic acids is 1. The Kier molecular flexibility index (Phi) is 5.83. The van der Waals surface area contributed by atoms with Gasteiger partial charge in [-0.15, -0.1) is 11.3 Å². The van der Waals surface area contributed by atoms with E-state index in [-0.39, 0.29) is 11.9 Å². The van der Waals surface area contributed by atoms with Crippen LogP contribution in [0.25, 0.3) is 21.1 Å². The molecule has 0 N–H and O–H groups in total. The Hall–Kier alpha value is -2.95. The van der Waals surface area contributed by atoms with Crippen LogP contribution in [0.1, 0.15) is 28.2 Å². The van der Waals surface area contributed by atoms with Crippen molar-refractivity contribution in [2.45, 2.75) is 25.8 Å². The fraction of sp³-hybridized carbons (Fsp3) is 0.333. The van der Waals surface area contributed by atoms with Crippen LogP contribution >= 0.6 is 11.3 Å². The highest BCUT2D eigenvalue weighted by Gasteiger charge is 2.30. The molecule has 1 aliphatic rings. The Labute approximate surface area is 201 Å². The van der Waals surface area contributed by atoms with E-state index in [1.807, 2.05) is 23.1 Å². The number of thiophene rings is 1. The Morgan fingerprint density at radius 1 is 1.24 bits per heavy atom. The van der Waals surface area contributed by atoms with E-state index in [1.165, 1.54) is 21.6 Å². The van der Waals surface area contributed by atoms with E-state index in [0.29, 0.717) is 39.7 Å². The van der Waals surface area contributed by atoms with Gasteiger partial charge in [0.15, 0.2) is 0 Å². The monoisotopic (exact) mass is 499 g/mol. The summed E-state index contributed by atoms with van der Waals surface area (Å²) in [6.45, 7) is 3.02. The molecule has 34 heavy (non-hydrogen) atoms. The van der Waals surface area contributed by atoms with Crippen LogP contribution in [0.2, 0.25) is 0 Å². The number of hydrogen-bond acceptors (Lipinski definition) is 7. The summed E-state index contributed by atoms with van der Waals surface area (Å²) in [5.74, 6) is 1.17. The maximum Gasteiger partial charge on any atom is 0.264 e. The number of rotatable bonds is 6. The molecule has 0 saturated carbocycles. The van der Waals surface area contributed by atoms with Crippen LogP contribution in [0.15, 0.2) is 42.6 Å². The summed E-state index contributed by atoms with van der Waals surface area (Å²) in [7, 11) is -1.76. The highest BCUT2D eigenvalue weighted by Crippen LogP contribution is 2.37. The van der Waals surface area contributed by atoms with Crippen LogP contribution in [-0.2, 0) is 14.8 Å². The van der Waals surface area contributed by atoms with Crippen molar-refractivity contribution in [2.75, 3.05) is 26.5 Å². The molecule has 8 nitrogen and oxygen atoms in total. The molecule has 4 heterocycles. The minimum Gasteiger partial charge on any atom is -0.456 e. The zero-order chi connectivity index (χ0) is 24.0. The molecule has 4 aromatic rings. The van der Waals surface area contributed by atoms with Gasteiger partial charge in [-0.1, -0.05) is 0 Å². The van der Waals surface area contributed by atoms with Crippen molar-refractivity contribution < 1.29 is 22.7 Å². The number of pyridine rings is 1. The molecule has 1 amide bonds. The molecule has 1 aromatic carbocycles. The third kappa shape index (κ3) is 4.06. The zero-order valence-electron chi connectivity index (χ0n) is 19.1. The van der Waals surface area contributed by atoms with Crippen molar-refractivity contribution in [1.29, 1.82) is 0 Å². The Morgan fingerprint density at radius 3 is 2.82 bits per heavy atom. The summed E-state index contributed by atoms with van der Waals surface area (Å²) in [5.41, 5.74) is 1.94. The van der Waals surface area contributed by atoms with Gasteiger partial charge >= 0.3 is 0 Å². The third-order valence-corrected chi connectivity index (χ3v) is 8.32. The molecule has 0 radical (unpaired) electrons. The lowest BCUT2D eigenvalue weighted by atomic mass is 10.2. The van der Waals surface area contributed by atoms with Gasteiger partial charge in [-0.25, -0.2) is 12.4 Å². The predicted molar refractivity (Wildman–Crippen MR) is 133 cm³/mol. The second-order valence-electron chi connectivity index (χ2n) is 8.52. The predicted octanol–water partition coefficient (Wildman–Crippen LogP) is 4.41. The molecule has 1 saturated heterocycles. The van der Waals surface area contributed by atoms with Gasteiger partial charge in [-0.05, 0) is 50.1 Å². The first-order valence-corrected chi connectivity index (χ1v) is 13.6. The smallest absolute Gasteiger partial charge is 0.264 e. The standard InChI is InChI=1S/C24H25N3O5S2/c1-15-11-16-12-18(6-7-20(16)27(15)34(3,29)30)32-21-8-9-25-19-13-22(33-23(19)21)24(28)26-10-4-5-17(26)14-31-2/h6-9,11-13,17H,4-5,10,14H2,1-3H3. The summed E-state index contributed by atoms with van der Waals surface area (Å²) in [4.78, 5) is 20.1. The Balaban J connectivity index is 1.46. The number of benzene rings is 1. The lowest BCUT2D eigenvalue weighted by molar-refractivity contribution is 0.0635. The maximum atomic E-state index is 13.2. The molecule has 1 aliphatic heterocycles. The minimum absolute atomic E-state index is 0.00694. The maximum absolute atomic E-state index is 13.2. The van der Waals surface area contributed by atoms with Crippen LogP contribution < -0.4 is 4.74 Å². The average molecular weight is 500 g/mol. The molecule has 0 bridgehead atoms. The number of hydrogen-bond donors (Lipinski definition) is 0. The van der Waals surface area contributed by atoms with Crippen molar-refractivity contribution in [3.8, 4) is 11.5 Å². The summed E-state index contributed by atoms with van der Waals surface area (Å²) in [6.07, 6.45) is 4.76. The molecule has 1 atom stereocenters. The lowest BCUT2D eigenvalue weighted by Gasteiger charge is -2.23. The van der Waals surface area contributed by atoms with Crippen molar-refractivity contribution >= 4 is 48.4 Å². The van der Waals surface area contributed by atoms with Crippen LogP contribution in [0.3, 0.4) is 0 Å². The number of likely N-dealkylation sites (tertiary alicyclic amines) is 1. The first-order valence-electron chi connectivity index (χ1n) is 10.9. The van der Waals surface area contributed by atoms with Gasteiger partial charge < -0.3 is 14.4 Å². The molecule has 5 rings (SSSR count). The summed E-state index contributed by atoms with van der Waals surface area (Å²) in [6, 6.07) is 10.8. The van der Waals surface area contributed by atoms with Crippen LogP contribution in [0.4, 0.5) is 0 Å². The van der Waals surface area contributed by atoms with E-state index in [2.05, 4.69) is 4.98 Å². The van der Waals surface area contributed by atoms with Gasteiger partial charge in [0.05, 0.1) is 39.5 Å². The summed E-state index contributed by atoms with van der Waals surface area (Å²) in [5, 5.41) is 0.769. The Bertz CT molecular complexity index is 1510. The van der Waals surface area contributed by atoms with Gasteiger partial charge in [0, 0.05) is 37.0 Å². The van der Waals surface area contributed by atoms with Crippen molar-refractivity contribution in [3.63, 3.8) is 0 Å². The lowest BCUT2D eigenvalue weighted by Crippen LogP contribution is -2.37. The van der Waals surface area contributed by atoms with E-state index >= 15 is 0 Å². The van der Waals surface area contributed by atoms with Gasteiger partial charge in [-0.2, -0.15) is 0 Å². The zero-order valence-corrected chi connectivity index (χ0v) is 20.8. The van der Waals surface area contributed by atoms with Crippen LogP contribution in [-0.4, -0.2) is 60.7 Å². The van der Waals surface area contributed by atoms with E-state index in [9.17, 15) is 13.2 Å². The van der Waals surface area contributed by atoms with Crippen LogP contribution in [0, 0.1) is 6.92 Å². The topological polar surface area (TPSA) is 90.7 Å². The summed E-state index contributed by atoms with van der Waals surface area (Å²) < 4.78 is 37.9. The van der Waals surface area contributed by atoms with Crippen molar-refractivity contribution in [1.82, 2.24) is 13.9 Å². The quantitative estimate of drug-likeness (QED) is 0.390. The van der Waals surface area contributed by atoms with E-state index in [4.69, 9.17) is 9.47 Å². The normalized spacial score (nSPS) is 16.6. The molecule has 3 aromatic heterocycles. The number of methoxy groups -OCH3 is 1. The van der Waals surface area contributed by atoms with Crippen LogP contribution in [0.5, 0.6) is 11.5 Å². The van der Waals surface area contributed by atoms with Gasteiger partial charge in [0.25, 0.3) is 5.91 Å². The average Bonchev–Trinajstić information content (AvgIpc) is 3.49. The van der Waals surface area contributed by atoms with Gasteiger partial charge in [0.2, 0.25) is 10.0 Å². The molecular weight excluding hydrogens is 474 g/mol. The van der Waals surface area contributed by atoms with E-state index in [0.717, 1.165) is 29.5 Å². The number of aryl methyl sites for hydroxylation is 1. The molecule has 1 fully saturated rings. The van der Waals surface area contributed by atoms with E-state index < -0.39 is 10.0 Å². The molecule has 178 valence electrons. The third-order valence-electron chi connectivity index (χ3n) is 6.05. The minimum atomic E-state index is -3.41. The first-order chi connectivity index (χ1) is 16.3. The van der Waals surface area contributed by atoms with Crippen molar-refractivity contribution in [2.24, 2.45) is 0 Å². The molecule has 10 heteroatoms. The SMILES string of the molecule is COCC1CCCN1C(=O)c1cc2nccc(Oc3ccc4c(c3)cc(C)n4S(C)(=O)=O)c2s1. The second kappa shape index (κ2) is 8.68. The van der Waals surface area contributed by atoms with E-state index in [1.54, 1.807) is 38.4 Å². The fourth-order valence-electron chi connectivity index (χ4n) is 4.65. The number of amides is 1. The Morgan fingerprint density at radius 2 is 2.06 bits per heavy atom. The largest absolute Gasteiger partial charge is 0.456 e. The number of ether oxygens (including phenoxy) is 2. The van der Waals surface area contributed by atoms with Gasteiger partial charge in [-0.3, -0.25) is 9.78 Å². The number of fused-ring (bicyclic) bond motifs is 2. The van der Waals surface area contributed by atoms with Gasteiger partial charge in [0.1, 0.15) is 11.5 Å². The molecular formula is C24H25N3O5S2.